The van der Waals surface area contributed by atoms with Crippen molar-refractivity contribution in [1.29, 1.82) is 0 Å². The molecule has 0 saturated heterocycles. The highest BCUT2D eigenvalue weighted by atomic mass is 32.2. The quantitative estimate of drug-likeness (QED) is 0.479. The lowest BCUT2D eigenvalue weighted by Gasteiger charge is -2.35. The molecule has 29 heavy (non-hydrogen) atoms. The van der Waals surface area contributed by atoms with E-state index in [1.165, 1.54) is 6.07 Å². The Hall–Kier alpha value is -2.89. The van der Waals surface area contributed by atoms with Gasteiger partial charge in [-0.25, -0.2) is 33.9 Å². The number of hydrogen-bond donors (Lipinski definition) is 2. The van der Waals surface area contributed by atoms with Crippen LogP contribution < -0.4 is 9.62 Å². The van der Waals surface area contributed by atoms with Crippen LogP contribution in [0.2, 0.25) is 0 Å². The van der Waals surface area contributed by atoms with Gasteiger partial charge in [-0.3, -0.25) is 4.55 Å². The van der Waals surface area contributed by atoms with Gasteiger partial charge in [0.2, 0.25) is 17.2 Å². The summed E-state index contributed by atoms with van der Waals surface area (Å²) >= 11 is -2.17. The molecule has 1 aliphatic rings. The van der Waals surface area contributed by atoms with Gasteiger partial charge in [-0.15, -0.1) is 0 Å². The van der Waals surface area contributed by atoms with E-state index in [1.807, 2.05) is 11.8 Å². The molecule has 0 aromatic carbocycles. The molecule has 0 amide bonds. The molecule has 2 unspecified atom stereocenters. The van der Waals surface area contributed by atoms with Crippen LogP contribution in [-0.4, -0.2) is 40.2 Å². The molecule has 11 heteroatoms. The summed E-state index contributed by atoms with van der Waals surface area (Å²) in [6.45, 7) is 2.63. The number of halogens is 1. The molecule has 1 aliphatic heterocycles. The molecule has 0 bridgehead atoms. The van der Waals surface area contributed by atoms with Gasteiger partial charge in [-0.05, 0) is 30.7 Å². The standard InChI is InChI=1S/C18H18FN7O2S/c1-11-13-10-22-18(17-20-4-2-5-21-17)24-14(13)3-6-26(11)16-8-12(7-15(19)25-16)9-23-29(27)28/h2,4-5,7-8,10-11,23H,3,6,9H2,1H3,(H,27,28). The van der Waals surface area contributed by atoms with Gasteiger partial charge >= 0.3 is 0 Å². The van der Waals surface area contributed by atoms with Crippen LogP contribution in [0.3, 0.4) is 0 Å². The smallest absolute Gasteiger partial charge is 0.232 e. The predicted molar refractivity (Wildman–Crippen MR) is 104 cm³/mol. The van der Waals surface area contributed by atoms with E-state index in [2.05, 4.69) is 29.6 Å². The number of hydrogen-bond acceptors (Lipinski definition) is 7. The predicted octanol–water partition coefficient (Wildman–Crippen LogP) is 1.82. The van der Waals surface area contributed by atoms with Crippen molar-refractivity contribution in [3.63, 3.8) is 0 Å². The van der Waals surface area contributed by atoms with Crippen LogP contribution in [0.4, 0.5) is 10.2 Å². The Bertz CT molecular complexity index is 1050. The van der Waals surface area contributed by atoms with Crippen LogP contribution in [0.5, 0.6) is 0 Å². The first-order valence-electron chi connectivity index (χ1n) is 8.92. The number of pyridine rings is 1. The normalized spacial score (nSPS) is 17.1. The van der Waals surface area contributed by atoms with E-state index in [1.54, 1.807) is 30.7 Å². The summed E-state index contributed by atoms with van der Waals surface area (Å²) in [6.07, 6.45) is 5.67. The first-order chi connectivity index (χ1) is 14.0. The molecular formula is C18H18FN7O2S. The van der Waals surface area contributed by atoms with Crippen molar-refractivity contribution >= 4 is 17.1 Å². The zero-order valence-electron chi connectivity index (χ0n) is 15.5. The van der Waals surface area contributed by atoms with Gasteiger partial charge < -0.3 is 4.90 Å². The van der Waals surface area contributed by atoms with Gasteiger partial charge in [0.25, 0.3) is 0 Å². The molecule has 3 aromatic heterocycles. The zero-order valence-corrected chi connectivity index (χ0v) is 16.3. The maximum absolute atomic E-state index is 14.0. The summed E-state index contributed by atoms with van der Waals surface area (Å²) in [4.78, 5) is 23.4. The van der Waals surface area contributed by atoms with E-state index in [9.17, 15) is 8.60 Å². The van der Waals surface area contributed by atoms with Crippen LogP contribution >= 0.6 is 0 Å². The van der Waals surface area contributed by atoms with Gasteiger partial charge in [0, 0.05) is 43.7 Å². The van der Waals surface area contributed by atoms with Crippen LogP contribution in [0.1, 0.15) is 29.8 Å². The van der Waals surface area contributed by atoms with Gasteiger partial charge in [-0.2, -0.15) is 4.39 Å². The summed E-state index contributed by atoms with van der Waals surface area (Å²) in [5.74, 6) is 0.753. The van der Waals surface area contributed by atoms with E-state index in [0.29, 0.717) is 36.0 Å². The molecule has 0 fully saturated rings. The Morgan fingerprint density at radius 1 is 1.24 bits per heavy atom. The topological polar surface area (TPSA) is 117 Å². The van der Waals surface area contributed by atoms with Crippen molar-refractivity contribution in [3.05, 3.63) is 59.6 Å². The van der Waals surface area contributed by atoms with Crippen molar-refractivity contribution in [3.8, 4) is 11.6 Å². The molecule has 3 aromatic rings. The highest BCUT2D eigenvalue weighted by molar-refractivity contribution is 7.77. The third-order valence-electron chi connectivity index (χ3n) is 4.71. The SMILES string of the molecule is CC1c2cnc(-c3ncccn3)nc2CCN1c1cc(CNS(=O)O)cc(F)n1. The number of aromatic nitrogens is 5. The summed E-state index contributed by atoms with van der Waals surface area (Å²) in [6, 6.07) is 4.56. The number of fused-ring (bicyclic) bond motifs is 1. The molecular weight excluding hydrogens is 397 g/mol. The van der Waals surface area contributed by atoms with Crippen molar-refractivity contribution < 1.29 is 13.2 Å². The van der Waals surface area contributed by atoms with Gasteiger partial charge in [0.1, 0.15) is 5.82 Å². The van der Waals surface area contributed by atoms with Crippen LogP contribution in [0.25, 0.3) is 11.6 Å². The summed E-state index contributed by atoms with van der Waals surface area (Å²) < 4.78 is 36.1. The highest BCUT2D eigenvalue weighted by Gasteiger charge is 2.27. The Kier molecular flexibility index (Phi) is 5.51. The molecule has 9 nitrogen and oxygen atoms in total. The number of nitrogens with one attached hydrogen (secondary N) is 1. The Morgan fingerprint density at radius 3 is 2.79 bits per heavy atom. The molecule has 0 spiro atoms. The summed E-state index contributed by atoms with van der Waals surface area (Å²) in [5, 5.41) is 0. The van der Waals surface area contributed by atoms with Gasteiger partial charge in [0.05, 0.1) is 11.7 Å². The molecule has 4 heterocycles. The van der Waals surface area contributed by atoms with Gasteiger partial charge in [-0.1, -0.05) is 0 Å². The highest BCUT2D eigenvalue weighted by Crippen LogP contribution is 2.32. The summed E-state index contributed by atoms with van der Waals surface area (Å²) in [7, 11) is 0. The van der Waals surface area contributed by atoms with E-state index in [-0.39, 0.29) is 12.6 Å². The van der Waals surface area contributed by atoms with Crippen molar-refractivity contribution in [2.24, 2.45) is 0 Å². The maximum Gasteiger partial charge on any atom is 0.232 e. The first kappa shape index (κ1) is 19.4. The van der Waals surface area contributed by atoms with Crippen molar-refractivity contribution in [1.82, 2.24) is 29.6 Å². The average Bonchev–Trinajstić information content (AvgIpc) is 2.72. The minimum atomic E-state index is -2.17. The monoisotopic (exact) mass is 415 g/mol. The van der Waals surface area contributed by atoms with Crippen molar-refractivity contribution in [2.45, 2.75) is 25.9 Å². The lowest BCUT2D eigenvalue weighted by Crippen LogP contribution is -2.35. The third-order valence-corrected chi connectivity index (χ3v) is 5.10. The fourth-order valence-electron chi connectivity index (χ4n) is 3.33. The lowest BCUT2D eigenvalue weighted by atomic mass is 9.99. The molecule has 4 rings (SSSR count). The van der Waals surface area contributed by atoms with E-state index in [4.69, 9.17) is 4.55 Å². The van der Waals surface area contributed by atoms with Gasteiger partial charge in [0.15, 0.2) is 11.6 Å². The zero-order chi connectivity index (χ0) is 20.4. The molecule has 0 aliphatic carbocycles. The average molecular weight is 415 g/mol. The third kappa shape index (κ3) is 4.26. The second-order valence-corrected chi connectivity index (χ2v) is 7.30. The maximum atomic E-state index is 14.0. The van der Waals surface area contributed by atoms with E-state index in [0.717, 1.165) is 11.3 Å². The van der Waals surface area contributed by atoms with E-state index >= 15 is 0 Å². The fraction of sp³-hybridized carbons (Fsp3) is 0.278. The van der Waals surface area contributed by atoms with E-state index < -0.39 is 17.2 Å². The molecule has 150 valence electrons. The minimum Gasteiger partial charge on any atom is -0.349 e. The molecule has 2 atom stereocenters. The number of anilines is 1. The Labute approximate surface area is 168 Å². The van der Waals surface area contributed by atoms with Crippen LogP contribution in [0, 0.1) is 5.95 Å². The second-order valence-electron chi connectivity index (χ2n) is 6.51. The van der Waals surface area contributed by atoms with Crippen molar-refractivity contribution in [2.75, 3.05) is 11.4 Å². The Morgan fingerprint density at radius 2 is 2.03 bits per heavy atom. The number of nitrogens with zero attached hydrogens (tertiary/aromatic N) is 6. The fourth-order valence-corrected chi connectivity index (χ4v) is 3.62. The lowest BCUT2D eigenvalue weighted by molar-refractivity contribution is 0.545. The second kappa shape index (κ2) is 8.23. The Balaban J connectivity index is 1.61. The van der Waals surface area contributed by atoms with Crippen LogP contribution in [-0.2, 0) is 24.2 Å². The molecule has 0 radical (unpaired) electrons. The summed E-state index contributed by atoms with van der Waals surface area (Å²) in [5.41, 5.74) is 2.36. The molecule has 0 saturated carbocycles. The minimum absolute atomic E-state index is 0.0535. The van der Waals surface area contributed by atoms with Crippen LogP contribution in [0.15, 0.2) is 36.8 Å². The first-order valence-corrected chi connectivity index (χ1v) is 10.0. The number of rotatable bonds is 5. The largest absolute Gasteiger partial charge is 0.349 e. The molecule has 2 N–H and O–H groups in total.